The van der Waals surface area contributed by atoms with Gasteiger partial charge in [-0.3, -0.25) is 4.79 Å². The van der Waals surface area contributed by atoms with E-state index in [1.54, 1.807) is 30.5 Å². The molecule has 118 valence electrons. The lowest BCUT2D eigenvalue weighted by molar-refractivity contribution is 0.0951. The lowest BCUT2D eigenvalue weighted by Crippen LogP contribution is -2.17. The first-order valence-corrected chi connectivity index (χ1v) is 6.94. The molecule has 0 atom stereocenters. The van der Waals surface area contributed by atoms with Crippen LogP contribution in [0.3, 0.4) is 0 Å². The van der Waals surface area contributed by atoms with Crippen molar-refractivity contribution in [2.45, 2.75) is 0 Å². The molecule has 0 aliphatic heterocycles. The van der Waals surface area contributed by atoms with Crippen molar-refractivity contribution in [2.75, 3.05) is 13.7 Å². The van der Waals surface area contributed by atoms with Gasteiger partial charge in [0.05, 0.1) is 18.3 Å². The van der Waals surface area contributed by atoms with Crippen molar-refractivity contribution in [3.05, 3.63) is 46.7 Å². The number of aromatic amines is 1. The summed E-state index contributed by atoms with van der Waals surface area (Å²) in [6, 6.07) is 6.66. The van der Waals surface area contributed by atoms with Crippen molar-refractivity contribution in [2.24, 2.45) is 5.10 Å². The molecule has 7 heteroatoms. The lowest BCUT2D eigenvalue weighted by Gasteiger charge is -2.11. The first-order chi connectivity index (χ1) is 11.2. The molecule has 23 heavy (non-hydrogen) atoms. The van der Waals surface area contributed by atoms with Gasteiger partial charge in [0.2, 0.25) is 0 Å². The Morgan fingerprint density at radius 3 is 3.04 bits per heavy atom. The van der Waals surface area contributed by atoms with Crippen LogP contribution in [0.2, 0.25) is 5.02 Å². The monoisotopic (exact) mass is 331 g/mol. The van der Waals surface area contributed by atoms with Crippen LogP contribution in [-0.4, -0.2) is 30.8 Å². The average Bonchev–Trinajstić information content (AvgIpc) is 3.08. The zero-order valence-electron chi connectivity index (χ0n) is 12.3. The van der Waals surface area contributed by atoms with Crippen LogP contribution in [0.25, 0.3) is 0 Å². The number of ether oxygens (including phenoxy) is 2. The summed E-state index contributed by atoms with van der Waals surface area (Å²) in [6.45, 7) is 0.0791. The molecule has 0 unspecified atom stereocenters. The molecule has 1 amide bonds. The normalized spacial score (nSPS) is 10.3. The van der Waals surface area contributed by atoms with Crippen LogP contribution in [0.5, 0.6) is 11.5 Å². The zero-order valence-corrected chi connectivity index (χ0v) is 13.1. The van der Waals surface area contributed by atoms with Gasteiger partial charge in [0.25, 0.3) is 5.91 Å². The fourth-order valence-electron chi connectivity index (χ4n) is 1.77. The third-order valence-electron chi connectivity index (χ3n) is 2.77. The number of nitrogens with one attached hydrogen (secondary N) is 2. The Morgan fingerprint density at radius 1 is 1.57 bits per heavy atom. The van der Waals surface area contributed by atoms with Crippen LogP contribution in [0.1, 0.15) is 16.1 Å². The smallest absolute Gasteiger partial charge is 0.287 e. The van der Waals surface area contributed by atoms with Gasteiger partial charge < -0.3 is 14.5 Å². The molecule has 1 aromatic heterocycles. The highest BCUT2D eigenvalue weighted by Gasteiger charge is 2.11. The second kappa shape index (κ2) is 7.92. The number of amides is 1. The Bertz CT molecular complexity index is 749. The summed E-state index contributed by atoms with van der Waals surface area (Å²) < 4.78 is 10.6. The van der Waals surface area contributed by atoms with E-state index in [1.807, 2.05) is 0 Å². The van der Waals surface area contributed by atoms with Crippen LogP contribution in [-0.2, 0) is 0 Å². The van der Waals surface area contributed by atoms with Gasteiger partial charge in [-0.25, -0.2) is 5.43 Å². The number of hydrogen-bond donors (Lipinski definition) is 2. The van der Waals surface area contributed by atoms with Crippen molar-refractivity contribution >= 4 is 23.7 Å². The molecule has 0 fully saturated rings. The minimum Gasteiger partial charge on any atom is -0.493 e. The first kappa shape index (κ1) is 16.5. The van der Waals surface area contributed by atoms with Crippen molar-refractivity contribution in [1.82, 2.24) is 10.4 Å². The Hall–Kier alpha value is -2.91. The van der Waals surface area contributed by atoms with Crippen LogP contribution in [0.4, 0.5) is 0 Å². The molecule has 1 aromatic carbocycles. The van der Waals surface area contributed by atoms with Gasteiger partial charge in [0.1, 0.15) is 12.3 Å². The largest absolute Gasteiger partial charge is 0.493 e. The number of hydrazone groups is 1. The van der Waals surface area contributed by atoms with Gasteiger partial charge in [0, 0.05) is 6.20 Å². The van der Waals surface area contributed by atoms with Gasteiger partial charge >= 0.3 is 0 Å². The molecule has 2 N–H and O–H groups in total. The van der Waals surface area contributed by atoms with E-state index in [-0.39, 0.29) is 12.5 Å². The van der Waals surface area contributed by atoms with E-state index in [4.69, 9.17) is 27.5 Å². The Kier molecular flexibility index (Phi) is 5.67. The van der Waals surface area contributed by atoms with E-state index in [1.165, 1.54) is 13.3 Å². The Labute approximate surface area is 138 Å². The standard InChI is InChI=1S/C16H14ClN3O3/c1-3-7-23-15-12(17)8-11(9-14(15)22-2)10-19-20-16(21)13-5-4-6-18-13/h1,4-6,8-10,18H,7H2,2H3,(H,20,21)/b19-10-. The van der Waals surface area contributed by atoms with E-state index >= 15 is 0 Å². The molecule has 0 spiro atoms. The molecular formula is C16H14ClN3O3. The first-order valence-electron chi connectivity index (χ1n) is 6.56. The van der Waals surface area contributed by atoms with Gasteiger partial charge in [0.15, 0.2) is 11.5 Å². The number of carbonyl (C=O) groups is 1. The molecule has 2 rings (SSSR count). The number of H-pyrrole nitrogens is 1. The van der Waals surface area contributed by atoms with Crippen molar-refractivity contribution in [3.63, 3.8) is 0 Å². The molecule has 1 heterocycles. The number of terminal acetylenes is 1. The number of benzene rings is 1. The third kappa shape index (κ3) is 4.28. The highest BCUT2D eigenvalue weighted by atomic mass is 35.5. The van der Waals surface area contributed by atoms with E-state index in [0.717, 1.165) is 0 Å². The minimum atomic E-state index is -0.349. The Morgan fingerprint density at radius 2 is 2.39 bits per heavy atom. The number of halogens is 1. The summed E-state index contributed by atoms with van der Waals surface area (Å²) >= 11 is 6.14. The molecule has 2 aromatic rings. The summed E-state index contributed by atoms with van der Waals surface area (Å²) in [5.74, 6) is 2.79. The lowest BCUT2D eigenvalue weighted by atomic mass is 10.2. The fourth-order valence-corrected chi connectivity index (χ4v) is 2.04. The van der Waals surface area contributed by atoms with Gasteiger partial charge in [-0.2, -0.15) is 5.10 Å². The molecule has 6 nitrogen and oxygen atoms in total. The molecule has 0 bridgehead atoms. The number of hydrogen-bond acceptors (Lipinski definition) is 4. The second-order valence-electron chi connectivity index (χ2n) is 4.31. The molecule has 0 saturated heterocycles. The second-order valence-corrected chi connectivity index (χ2v) is 4.72. The van der Waals surface area contributed by atoms with Crippen molar-refractivity contribution in [1.29, 1.82) is 0 Å². The maximum atomic E-state index is 11.7. The number of rotatable bonds is 6. The van der Waals surface area contributed by atoms with Crippen LogP contribution < -0.4 is 14.9 Å². The highest BCUT2D eigenvalue weighted by molar-refractivity contribution is 6.32. The summed E-state index contributed by atoms with van der Waals surface area (Å²) in [4.78, 5) is 14.5. The van der Waals surface area contributed by atoms with E-state index in [2.05, 4.69) is 21.4 Å². The van der Waals surface area contributed by atoms with E-state index in [9.17, 15) is 4.79 Å². The SMILES string of the molecule is C#CCOc1c(Cl)cc(/C=N\NC(=O)c2ccc[nH]2)cc1OC. The molecule has 0 radical (unpaired) electrons. The third-order valence-corrected chi connectivity index (χ3v) is 3.05. The van der Waals surface area contributed by atoms with Gasteiger partial charge in [-0.05, 0) is 29.8 Å². The molecule has 0 aliphatic rings. The predicted molar refractivity (Wildman–Crippen MR) is 88.2 cm³/mol. The minimum absolute atomic E-state index is 0.0791. The summed E-state index contributed by atoms with van der Waals surface area (Å²) in [7, 11) is 1.49. The van der Waals surface area contributed by atoms with E-state index in [0.29, 0.717) is 27.8 Å². The summed E-state index contributed by atoms with van der Waals surface area (Å²) in [6.07, 6.45) is 8.25. The number of aromatic nitrogens is 1. The quantitative estimate of drug-likeness (QED) is 0.485. The maximum Gasteiger partial charge on any atom is 0.287 e. The number of methoxy groups -OCH3 is 1. The van der Waals surface area contributed by atoms with Crippen molar-refractivity contribution < 1.29 is 14.3 Å². The topological polar surface area (TPSA) is 75.7 Å². The van der Waals surface area contributed by atoms with Crippen LogP contribution >= 0.6 is 11.6 Å². The van der Waals surface area contributed by atoms with Crippen LogP contribution in [0.15, 0.2) is 35.6 Å². The number of nitrogens with zero attached hydrogens (tertiary/aromatic N) is 1. The Balaban J connectivity index is 2.11. The fraction of sp³-hybridized carbons (Fsp3) is 0.125. The average molecular weight is 332 g/mol. The van der Waals surface area contributed by atoms with Gasteiger partial charge in [-0.1, -0.05) is 17.5 Å². The van der Waals surface area contributed by atoms with E-state index < -0.39 is 0 Å². The van der Waals surface area contributed by atoms with Crippen molar-refractivity contribution in [3.8, 4) is 23.8 Å². The van der Waals surface area contributed by atoms with Gasteiger partial charge in [-0.15, -0.1) is 6.42 Å². The molecule has 0 saturated carbocycles. The summed E-state index contributed by atoms with van der Waals surface area (Å²) in [5, 5.41) is 4.20. The molecular weight excluding hydrogens is 318 g/mol. The summed E-state index contributed by atoms with van der Waals surface area (Å²) in [5.41, 5.74) is 3.44. The maximum absolute atomic E-state index is 11.7. The highest BCUT2D eigenvalue weighted by Crippen LogP contribution is 2.35. The zero-order chi connectivity index (χ0) is 16.7. The molecule has 0 aliphatic carbocycles. The predicted octanol–water partition coefficient (Wildman–Crippen LogP) is 2.45. The number of carbonyl (C=O) groups excluding carboxylic acids is 1. The van der Waals surface area contributed by atoms with Crippen LogP contribution in [0, 0.1) is 12.3 Å².